The van der Waals surface area contributed by atoms with Gasteiger partial charge in [0.25, 0.3) is 5.91 Å². The predicted molar refractivity (Wildman–Crippen MR) is 101 cm³/mol. The van der Waals surface area contributed by atoms with E-state index >= 15 is 0 Å². The maximum absolute atomic E-state index is 12.0. The fourth-order valence-electron chi connectivity index (χ4n) is 2.36. The van der Waals surface area contributed by atoms with Crippen LogP contribution < -0.4 is 15.4 Å². The molecule has 2 aromatic carbocycles. The molecular weight excluding hydrogens is 384 g/mol. The van der Waals surface area contributed by atoms with Crippen molar-refractivity contribution >= 4 is 27.7 Å². The van der Waals surface area contributed by atoms with Crippen LogP contribution in [-0.4, -0.2) is 31.5 Å². The summed E-state index contributed by atoms with van der Waals surface area (Å²) in [5.74, 6) is 0.167. The molecule has 6 heteroatoms. The number of hydrogen-bond donors (Lipinski definition) is 2. The molecule has 5 nitrogen and oxygen atoms in total. The Balaban J connectivity index is 1.77. The van der Waals surface area contributed by atoms with Gasteiger partial charge in [-0.15, -0.1) is 0 Å². The summed E-state index contributed by atoms with van der Waals surface area (Å²) in [4.78, 5) is 24.0. The Labute approximate surface area is 155 Å². The van der Waals surface area contributed by atoms with Crippen molar-refractivity contribution in [2.45, 2.75) is 19.4 Å². The van der Waals surface area contributed by atoms with Crippen LogP contribution >= 0.6 is 15.9 Å². The van der Waals surface area contributed by atoms with Gasteiger partial charge in [-0.05, 0) is 55.3 Å². The highest BCUT2D eigenvalue weighted by Crippen LogP contribution is 2.12. The van der Waals surface area contributed by atoms with Gasteiger partial charge in [-0.3, -0.25) is 9.59 Å². The Morgan fingerprint density at radius 2 is 1.72 bits per heavy atom. The molecule has 2 amide bonds. The number of benzene rings is 2. The zero-order chi connectivity index (χ0) is 18.2. The molecule has 2 rings (SSSR count). The Morgan fingerprint density at radius 1 is 1.08 bits per heavy atom. The van der Waals surface area contributed by atoms with E-state index < -0.39 is 0 Å². The van der Waals surface area contributed by atoms with E-state index in [0.717, 1.165) is 16.5 Å². The molecule has 0 heterocycles. The summed E-state index contributed by atoms with van der Waals surface area (Å²) in [6.45, 7) is 1.88. The Kier molecular flexibility index (Phi) is 7.01. The molecule has 0 bridgehead atoms. The van der Waals surface area contributed by atoms with E-state index in [1.807, 2.05) is 31.2 Å². The average Bonchev–Trinajstić information content (AvgIpc) is 2.61. The van der Waals surface area contributed by atoms with Crippen LogP contribution in [0.25, 0.3) is 0 Å². The highest BCUT2D eigenvalue weighted by atomic mass is 79.9. The second kappa shape index (κ2) is 9.22. The number of methoxy groups -OCH3 is 1. The molecule has 0 aromatic heterocycles. The van der Waals surface area contributed by atoms with Gasteiger partial charge in [-0.1, -0.05) is 28.1 Å². The molecule has 0 aliphatic heterocycles. The summed E-state index contributed by atoms with van der Waals surface area (Å²) in [7, 11) is 1.56. The molecule has 0 aliphatic carbocycles. The number of amides is 2. The van der Waals surface area contributed by atoms with E-state index in [1.54, 1.807) is 31.4 Å². The van der Waals surface area contributed by atoms with E-state index in [9.17, 15) is 9.59 Å². The first-order valence-corrected chi connectivity index (χ1v) is 8.73. The van der Waals surface area contributed by atoms with Crippen LogP contribution in [0.3, 0.4) is 0 Å². The predicted octanol–water partition coefficient (Wildman–Crippen LogP) is 2.93. The van der Waals surface area contributed by atoms with Gasteiger partial charge in [0.2, 0.25) is 5.91 Å². The van der Waals surface area contributed by atoms with Crippen LogP contribution in [0.15, 0.2) is 53.0 Å². The largest absolute Gasteiger partial charge is 0.497 e. The fraction of sp³-hybridized carbons (Fsp3) is 0.263. The van der Waals surface area contributed by atoms with E-state index in [0.29, 0.717) is 11.3 Å². The van der Waals surface area contributed by atoms with Gasteiger partial charge in [0.05, 0.1) is 13.7 Å². The van der Waals surface area contributed by atoms with Crippen LogP contribution in [0.1, 0.15) is 22.8 Å². The summed E-state index contributed by atoms with van der Waals surface area (Å²) in [5.41, 5.74) is 1.62. The van der Waals surface area contributed by atoms with Gasteiger partial charge in [0.15, 0.2) is 0 Å². The van der Waals surface area contributed by atoms with Crippen molar-refractivity contribution in [1.82, 2.24) is 10.6 Å². The lowest BCUT2D eigenvalue weighted by Gasteiger charge is -2.14. The molecular formula is C19H21BrN2O3. The highest BCUT2D eigenvalue weighted by molar-refractivity contribution is 9.10. The molecule has 25 heavy (non-hydrogen) atoms. The van der Waals surface area contributed by atoms with Gasteiger partial charge < -0.3 is 15.4 Å². The smallest absolute Gasteiger partial charge is 0.251 e. The van der Waals surface area contributed by atoms with E-state index in [-0.39, 0.29) is 24.4 Å². The number of rotatable bonds is 7. The van der Waals surface area contributed by atoms with Crippen LogP contribution in [0.2, 0.25) is 0 Å². The minimum atomic E-state index is -0.293. The van der Waals surface area contributed by atoms with Crippen LogP contribution in [-0.2, 0) is 11.2 Å². The summed E-state index contributed by atoms with van der Waals surface area (Å²) in [6.07, 6.45) is 0.728. The molecule has 132 valence electrons. The maximum atomic E-state index is 12.0. The normalized spacial score (nSPS) is 11.5. The van der Waals surface area contributed by atoms with Crippen molar-refractivity contribution in [3.05, 3.63) is 64.1 Å². The van der Waals surface area contributed by atoms with Gasteiger partial charge in [0, 0.05) is 16.1 Å². The molecule has 2 aromatic rings. The maximum Gasteiger partial charge on any atom is 0.251 e. The number of carbonyl (C=O) groups excluding carboxylic acids is 2. The van der Waals surface area contributed by atoms with Crippen LogP contribution in [0.4, 0.5) is 0 Å². The molecule has 0 radical (unpaired) electrons. The second-order valence-electron chi connectivity index (χ2n) is 5.71. The second-order valence-corrected chi connectivity index (χ2v) is 6.63. The van der Waals surface area contributed by atoms with E-state index in [4.69, 9.17) is 4.74 Å². The number of ether oxygens (including phenoxy) is 1. The molecule has 0 saturated heterocycles. The first-order chi connectivity index (χ1) is 12.0. The minimum absolute atomic E-state index is 0.0217. The summed E-state index contributed by atoms with van der Waals surface area (Å²) >= 11 is 3.40. The van der Waals surface area contributed by atoms with Gasteiger partial charge >= 0.3 is 0 Å². The van der Waals surface area contributed by atoms with Gasteiger partial charge in [-0.2, -0.15) is 0 Å². The molecule has 0 saturated carbocycles. The van der Waals surface area contributed by atoms with E-state index in [1.165, 1.54) is 0 Å². The SMILES string of the molecule is COc1ccc(C(=O)NCC(=O)NC(C)Cc2ccc(Br)cc2)cc1. The fourth-order valence-corrected chi connectivity index (χ4v) is 2.62. The first-order valence-electron chi connectivity index (χ1n) is 7.94. The summed E-state index contributed by atoms with van der Waals surface area (Å²) < 4.78 is 6.07. The molecule has 1 atom stereocenters. The van der Waals surface area contributed by atoms with E-state index in [2.05, 4.69) is 26.6 Å². The lowest BCUT2D eigenvalue weighted by Crippen LogP contribution is -2.41. The molecule has 0 fully saturated rings. The summed E-state index contributed by atoms with van der Waals surface area (Å²) in [5, 5.41) is 5.50. The first kappa shape index (κ1) is 19.0. The number of nitrogens with one attached hydrogen (secondary N) is 2. The van der Waals surface area contributed by atoms with Gasteiger partial charge in [0.1, 0.15) is 5.75 Å². The summed E-state index contributed by atoms with van der Waals surface area (Å²) in [6, 6.07) is 14.7. The van der Waals surface area contributed by atoms with Crippen molar-refractivity contribution < 1.29 is 14.3 Å². The number of halogens is 1. The molecule has 1 unspecified atom stereocenters. The molecule has 0 spiro atoms. The van der Waals surface area contributed by atoms with Crippen molar-refractivity contribution in [3.63, 3.8) is 0 Å². The van der Waals surface area contributed by atoms with Crippen LogP contribution in [0.5, 0.6) is 5.75 Å². The number of hydrogen-bond acceptors (Lipinski definition) is 3. The number of carbonyl (C=O) groups is 2. The lowest BCUT2D eigenvalue weighted by atomic mass is 10.1. The zero-order valence-electron chi connectivity index (χ0n) is 14.2. The lowest BCUT2D eigenvalue weighted by molar-refractivity contribution is -0.120. The molecule has 0 aliphatic rings. The van der Waals surface area contributed by atoms with Crippen LogP contribution in [0, 0.1) is 0 Å². The monoisotopic (exact) mass is 404 g/mol. The van der Waals surface area contributed by atoms with Crippen molar-refractivity contribution in [2.24, 2.45) is 0 Å². The topological polar surface area (TPSA) is 67.4 Å². The Morgan fingerprint density at radius 3 is 2.32 bits per heavy atom. The van der Waals surface area contributed by atoms with Crippen molar-refractivity contribution in [3.8, 4) is 5.75 Å². The zero-order valence-corrected chi connectivity index (χ0v) is 15.8. The Hall–Kier alpha value is -2.34. The van der Waals surface area contributed by atoms with Crippen molar-refractivity contribution in [1.29, 1.82) is 0 Å². The highest BCUT2D eigenvalue weighted by Gasteiger charge is 2.11. The quantitative estimate of drug-likeness (QED) is 0.745. The Bertz CT molecular complexity index is 714. The average molecular weight is 405 g/mol. The third-order valence-electron chi connectivity index (χ3n) is 3.62. The third-order valence-corrected chi connectivity index (χ3v) is 4.15. The standard InChI is InChI=1S/C19H21BrN2O3/c1-13(11-14-3-7-16(20)8-4-14)22-18(23)12-21-19(24)15-5-9-17(25-2)10-6-15/h3-10,13H,11-12H2,1-2H3,(H,21,24)(H,22,23). The van der Waals surface area contributed by atoms with Crippen molar-refractivity contribution in [2.75, 3.05) is 13.7 Å². The molecule has 2 N–H and O–H groups in total. The van der Waals surface area contributed by atoms with Gasteiger partial charge in [-0.25, -0.2) is 0 Å². The third kappa shape index (κ3) is 6.23. The minimum Gasteiger partial charge on any atom is -0.497 e.